The smallest absolute Gasteiger partial charge is 0.274 e. The normalized spacial score (nSPS) is 18.0. The van der Waals surface area contributed by atoms with Gasteiger partial charge in [0.05, 0.1) is 11.0 Å². The van der Waals surface area contributed by atoms with Crippen LogP contribution in [0.4, 0.5) is 0 Å². The lowest BCUT2D eigenvalue weighted by Gasteiger charge is -2.31. The van der Waals surface area contributed by atoms with Crippen molar-refractivity contribution in [2.75, 3.05) is 13.1 Å². The number of para-hydroxylation sites is 1. The number of amides is 1. The van der Waals surface area contributed by atoms with Gasteiger partial charge >= 0.3 is 0 Å². The Morgan fingerprint density at radius 3 is 2.92 bits per heavy atom. The lowest BCUT2D eigenvalue weighted by molar-refractivity contribution is 0.0699. The second-order valence-corrected chi connectivity index (χ2v) is 7.55. The van der Waals surface area contributed by atoms with Gasteiger partial charge in [0.1, 0.15) is 11.5 Å². The van der Waals surface area contributed by atoms with E-state index in [1.54, 1.807) is 0 Å². The molecule has 1 unspecified atom stereocenters. The second-order valence-electron chi connectivity index (χ2n) is 7.55. The number of aromatic nitrogens is 4. The fraction of sp³-hybridized carbons (Fsp3) is 0.450. The third-order valence-electron chi connectivity index (χ3n) is 5.27. The highest BCUT2D eigenvalue weighted by Crippen LogP contribution is 2.28. The molecular formula is C20H25N5O. The Morgan fingerprint density at radius 1 is 1.35 bits per heavy atom. The summed E-state index contributed by atoms with van der Waals surface area (Å²) in [7, 11) is 0. The van der Waals surface area contributed by atoms with Crippen molar-refractivity contribution in [1.29, 1.82) is 0 Å². The van der Waals surface area contributed by atoms with Crippen LogP contribution in [0, 0.1) is 6.92 Å². The van der Waals surface area contributed by atoms with Crippen LogP contribution in [0.25, 0.3) is 11.0 Å². The van der Waals surface area contributed by atoms with Crippen LogP contribution in [-0.4, -0.2) is 44.1 Å². The summed E-state index contributed by atoms with van der Waals surface area (Å²) < 4.78 is 0. The zero-order valence-electron chi connectivity index (χ0n) is 15.5. The molecule has 3 heterocycles. The summed E-state index contributed by atoms with van der Waals surface area (Å²) in [4.78, 5) is 23.0. The molecular weight excluding hydrogens is 326 g/mol. The summed E-state index contributed by atoms with van der Waals surface area (Å²) in [6.45, 7) is 7.71. The number of likely N-dealkylation sites (tertiary alicyclic amines) is 1. The molecule has 0 bridgehead atoms. The number of carbonyl (C=O) groups is 1. The monoisotopic (exact) mass is 351 g/mol. The topological polar surface area (TPSA) is 77.7 Å². The molecule has 1 aromatic carbocycles. The summed E-state index contributed by atoms with van der Waals surface area (Å²) in [6, 6.07) is 8.05. The molecule has 1 atom stereocenters. The number of rotatable bonds is 3. The van der Waals surface area contributed by atoms with Gasteiger partial charge in [-0.1, -0.05) is 26.0 Å². The lowest BCUT2D eigenvalue weighted by atomic mass is 9.97. The molecule has 1 aliphatic heterocycles. The van der Waals surface area contributed by atoms with Gasteiger partial charge in [-0.2, -0.15) is 5.10 Å². The summed E-state index contributed by atoms with van der Waals surface area (Å²) in [5.41, 5.74) is 4.77. The number of H-pyrrole nitrogens is 2. The van der Waals surface area contributed by atoms with E-state index < -0.39 is 0 Å². The largest absolute Gasteiger partial charge is 0.342 e. The average Bonchev–Trinajstić information content (AvgIpc) is 3.29. The van der Waals surface area contributed by atoms with Crippen molar-refractivity contribution in [3.8, 4) is 0 Å². The van der Waals surface area contributed by atoms with Gasteiger partial charge in [-0.05, 0) is 43.4 Å². The van der Waals surface area contributed by atoms with Crippen molar-refractivity contribution < 1.29 is 4.79 Å². The maximum atomic E-state index is 12.9. The van der Waals surface area contributed by atoms with Crippen molar-refractivity contribution in [3.05, 3.63) is 47.0 Å². The first-order chi connectivity index (χ1) is 12.5. The molecule has 2 N–H and O–H groups in total. The molecule has 26 heavy (non-hydrogen) atoms. The number of hydrogen-bond donors (Lipinski definition) is 2. The molecule has 1 aliphatic rings. The highest BCUT2D eigenvalue weighted by atomic mass is 16.2. The second kappa shape index (κ2) is 6.59. The Hall–Kier alpha value is -2.63. The minimum Gasteiger partial charge on any atom is -0.342 e. The number of fused-ring (bicyclic) bond motifs is 1. The van der Waals surface area contributed by atoms with E-state index in [-0.39, 0.29) is 11.8 Å². The number of piperidine rings is 1. The minimum absolute atomic E-state index is 0.00476. The van der Waals surface area contributed by atoms with Crippen molar-refractivity contribution >= 4 is 16.9 Å². The van der Waals surface area contributed by atoms with E-state index in [2.05, 4.69) is 48.1 Å². The van der Waals surface area contributed by atoms with Crippen molar-refractivity contribution in [1.82, 2.24) is 25.1 Å². The van der Waals surface area contributed by atoms with E-state index in [9.17, 15) is 4.79 Å². The van der Waals surface area contributed by atoms with Gasteiger partial charge < -0.3 is 9.88 Å². The number of nitrogens with one attached hydrogen (secondary N) is 2. The minimum atomic E-state index is 0.00476. The van der Waals surface area contributed by atoms with E-state index in [0.29, 0.717) is 18.2 Å². The van der Waals surface area contributed by atoms with E-state index in [4.69, 9.17) is 4.98 Å². The first-order valence-electron chi connectivity index (χ1n) is 9.32. The van der Waals surface area contributed by atoms with Crippen LogP contribution < -0.4 is 0 Å². The third-order valence-corrected chi connectivity index (χ3v) is 5.27. The molecule has 2 aromatic heterocycles. The molecule has 0 spiro atoms. The van der Waals surface area contributed by atoms with E-state index in [1.165, 1.54) is 5.56 Å². The van der Waals surface area contributed by atoms with Crippen molar-refractivity contribution in [3.63, 3.8) is 0 Å². The fourth-order valence-electron chi connectivity index (χ4n) is 3.68. The molecule has 1 amide bonds. The molecule has 6 heteroatoms. The van der Waals surface area contributed by atoms with Gasteiger partial charge in [-0.3, -0.25) is 9.89 Å². The quantitative estimate of drug-likeness (QED) is 0.754. The first-order valence-corrected chi connectivity index (χ1v) is 9.32. The molecule has 6 nitrogen and oxygen atoms in total. The van der Waals surface area contributed by atoms with Crippen LogP contribution in [0.5, 0.6) is 0 Å². The Labute approximate surface area is 153 Å². The van der Waals surface area contributed by atoms with Gasteiger partial charge in [0.25, 0.3) is 5.91 Å². The van der Waals surface area contributed by atoms with Crippen LogP contribution in [-0.2, 0) is 0 Å². The van der Waals surface area contributed by atoms with Gasteiger partial charge in [0, 0.05) is 24.7 Å². The molecule has 1 fully saturated rings. The van der Waals surface area contributed by atoms with Crippen LogP contribution in [0.2, 0.25) is 0 Å². The number of imidazole rings is 1. The summed E-state index contributed by atoms with van der Waals surface area (Å²) in [5, 5.41) is 7.19. The third kappa shape index (κ3) is 3.00. The summed E-state index contributed by atoms with van der Waals surface area (Å²) in [6.07, 6.45) is 2.02. The molecule has 136 valence electrons. The SMILES string of the molecule is Cc1cccc2[nH]c(C3CCCN(C(=O)c4cc(C(C)C)[nH]n4)C3)nc12. The zero-order valence-corrected chi connectivity index (χ0v) is 15.5. The van der Waals surface area contributed by atoms with E-state index in [1.807, 2.05) is 17.0 Å². The Morgan fingerprint density at radius 2 is 2.19 bits per heavy atom. The number of aromatic amines is 2. The highest BCUT2D eigenvalue weighted by molar-refractivity contribution is 5.92. The fourth-order valence-corrected chi connectivity index (χ4v) is 3.68. The van der Waals surface area contributed by atoms with E-state index >= 15 is 0 Å². The van der Waals surface area contributed by atoms with Gasteiger partial charge in [0.2, 0.25) is 0 Å². The molecule has 4 rings (SSSR count). The highest BCUT2D eigenvalue weighted by Gasteiger charge is 2.28. The Balaban J connectivity index is 1.54. The number of nitrogens with zero attached hydrogens (tertiary/aromatic N) is 3. The van der Waals surface area contributed by atoms with Crippen LogP contribution in [0.1, 0.15) is 66.1 Å². The zero-order chi connectivity index (χ0) is 18.3. The van der Waals surface area contributed by atoms with Gasteiger partial charge in [0.15, 0.2) is 0 Å². The predicted octanol–water partition coefficient (Wildman–Crippen LogP) is 3.74. The van der Waals surface area contributed by atoms with Crippen LogP contribution in [0.3, 0.4) is 0 Å². The van der Waals surface area contributed by atoms with E-state index in [0.717, 1.165) is 41.9 Å². The summed E-state index contributed by atoms with van der Waals surface area (Å²) >= 11 is 0. The van der Waals surface area contributed by atoms with Crippen LogP contribution in [0.15, 0.2) is 24.3 Å². The van der Waals surface area contributed by atoms with Gasteiger partial charge in [-0.25, -0.2) is 4.98 Å². The summed E-state index contributed by atoms with van der Waals surface area (Å²) in [5.74, 6) is 1.56. The number of hydrogen-bond acceptors (Lipinski definition) is 3. The van der Waals surface area contributed by atoms with Crippen molar-refractivity contribution in [2.45, 2.75) is 45.4 Å². The lowest BCUT2D eigenvalue weighted by Crippen LogP contribution is -2.39. The Bertz CT molecular complexity index is 939. The molecule has 0 saturated carbocycles. The molecule has 3 aromatic rings. The first kappa shape index (κ1) is 16.8. The number of aryl methyl sites for hydroxylation is 1. The van der Waals surface area contributed by atoms with Crippen LogP contribution >= 0.6 is 0 Å². The standard InChI is InChI=1S/C20H25N5O/c1-12(2)16-10-17(24-23-16)20(26)25-9-5-7-14(11-25)19-21-15-8-4-6-13(3)18(15)22-19/h4,6,8,10,12,14H,5,7,9,11H2,1-3H3,(H,21,22)(H,23,24). The predicted molar refractivity (Wildman–Crippen MR) is 101 cm³/mol. The van der Waals surface area contributed by atoms with Gasteiger partial charge in [-0.15, -0.1) is 0 Å². The molecule has 0 aliphatic carbocycles. The molecule has 0 radical (unpaired) electrons. The maximum Gasteiger partial charge on any atom is 0.274 e. The average molecular weight is 351 g/mol. The number of benzene rings is 1. The number of carbonyl (C=O) groups excluding carboxylic acids is 1. The molecule has 1 saturated heterocycles. The Kier molecular flexibility index (Phi) is 4.26. The maximum absolute atomic E-state index is 12.9. The van der Waals surface area contributed by atoms with Crippen molar-refractivity contribution in [2.24, 2.45) is 0 Å².